The largest absolute Gasteiger partial charge is 0.378 e. The Hall–Kier alpha value is -2.34. The molecule has 4 saturated carbocycles. The molecule has 1 aromatic carbocycles. The van der Waals surface area contributed by atoms with Crippen molar-refractivity contribution in [3.8, 4) is 5.69 Å². The number of nitrogens with zero attached hydrogens (tertiary/aromatic N) is 3. The van der Waals surface area contributed by atoms with Crippen LogP contribution in [-0.2, 0) is 4.74 Å². The van der Waals surface area contributed by atoms with Crippen molar-refractivity contribution in [3.05, 3.63) is 42.1 Å². The molecule has 4 bridgehead atoms. The highest BCUT2D eigenvalue weighted by Crippen LogP contribution is 2.55. The zero-order valence-corrected chi connectivity index (χ0v) is 17.4. The van der Waals surface area contributed by atoms with Gasteiger partial charge < -0.3 is 15.0 Å². The Morgan fingerprint density at radius 2 is 1.63 bits per heavy atom. The van der Waals surface area contributed by atoms with E-state index in [-0.39, 0.29) is 11.4 Å². The topological polar surface area (TPSA) is 59.4 Å². The predicted molar refractivity (Wildman–Crippen MR) is 115 cm³/mol. The number of amides is 1. The molecular weight excluding hydrogens is 376 g/mol. The van der Waals surface area contributed by atoms with Crippen LogP contribution in [0.2, 0.25) is 0 Å². The molecule has 1 amide bonds. The summed E-state index contributed by atoms with van der Waals surface area (Å²) in [6.07, 6.45) is 9.35. The number of ether oxygens (including phenoxy) is 1. The molecule has 1 aliphatic heterocycles. The van der Waals surface area contributed by atoms with Crippen LogP contribution in [0.3, 0.4) is 0 Å². The second-order valence-corrected chi connectivity index (χ2v) is 9.88. The number of anilines is 1. The fourth-order valence-corrected chi connectivity index (χ4v) is 6.91. The fraction of sp³-hybridized carbons (Fsp3) is 0.583. The maximum atomic E-state index is 13.6. The lowest BCUT2D eigenvalue weighted by molar-refractivity contribution is -0.0166. The van der Waals surface area contributed by atoms with Crippen molar-refractivity contribution in [1.29, 1.82) is 0 Å². The van der Waals surface area contributed by atoms with E-state index in [2.05, 4.69) is 15.3 Å². The molecule has 5 fully saturated rings. The van der Waals surface area contributed by atoms with Gasteiger partial charge in [0.15, 0.2) is 0 Å². The van der Waals surface area contributed by atoms with Crippen LogP contribution in [0.1, 0.15) is 48.9 Å². The molecular formula is C24H30N4O2. The number of hydrogen-bond donors (Lipinski definition) is 1. The summed E-state index contributed by atoms with van der Waals surface area (Å²) in [6, 6.07) is 10.1. The lowest BCUT2D eigenvalue weighted by atomic mass is 9.53. The number of nitrogens with one attached hydrogen (secondary N) is 1. The van der Waals surface area contributed by atoms with E-state index in [4.69, 9.17) is 4.74 Å². The van der Waals surface area contributed by atoms with E-state index in [1.165, 1.54) is 19.3 Å². The van der Waals surface area contributed by atoms with Crippen LogP contribution < -0.4 is 10.2 Å². The first-order chi connectivity index (χ1) is 14.7. The Balaban J connectivity index is 1.33. The van der Waals surface area contributed by atoms with Gasteiger partial charge in [-0.3, -0.25) is 4.79 Å². The van der Waals surface area contributed by atoms with Gasteiger partial charge >= 0.3 is 0 Å². The molecule has 1 aromatic heterocycles. The molecule has 2 aromatic rings. The van der Waals surface area contributed by atoms with Gasteiger partial charge in [-0.1, -0.05) is 18.2 Å². The normalized spacial score (nSPS) is 32.4. The third kappa shape index (κ3) is 3.13. The molecule has 30 heavy (non-hydrogen) atoms. The minimum Gasteiger partial charge on any atom is -0.378 e. The van der Waals surface area contributed by atoms with E-state index in [0.717, 1.165) is 61.6 Å². The van der Waals surface area contributed by atoms with Crippen molar-refractivity contribution >= 4 is 11.7 Å². The Bertz CT molecular complexity index is 897. The molecule has 158 valence electrons. The van der Waals surface area contributed by atoms with Gasteiger partial charge in [0.2, 0.25) is 0 Å². The van der Waals surface area contributed by atoms with E-state index in [1.54, 1.807) is 6.20 Å². The number of hydrogen-bond acceptors (Lipinski definition) is 4. The van der Waals surface area contributed by atoms with Crippen LogP contribution in [0.15, 0.2) is 36.5 Å². The molecule has 4 aliphatic carbocycles. The Kier molecular flexibility index (Phi) is 4.37. The smallest absolute Gasteiger partial charge is 0.257 e. The Morgan fingerprint density at radius 1 is 1.00 bits per heavy atom. The highest BCUT2D eigenvalue weighted by molar-refractivity contribution is 5.99. The first-order valence-electron chi connectivity index (χ1n) is 11.5. The number of carbonyl (C=O) groups is 1. The molecule has 2 heterocycles. The molecule has 1 saturated heterocycles. The minimum absolute atomic E-state index is 0.00294. The van der Waals surface area contributed by atoms with Gasteiger partial charge in [-0.15, -0.1) is 0 Å². The maximum absolute atomic E-state index is 13.6. The molecule has 1 N–H and O–H groups in total. The van der Waals surface area contributed by atoms with Gasteiger partial charge in [0.25, 0.3) is 5.91 Å². The summed E-state index contributed by atoms with van der Waals surface area (Å²) in [7, 11) is 0. The monoisotopic (exact) mass is 406 g/mol. The predicted octanol–water partition coefficient (Wildman–Crippen LogP) is 3.41. The third-order valence-corrected chi connectivity index (χ3v) is 7.72. The molecule has 0 radical (unpaired) electrons. The lowest BCUT2D eigenvalue weighted by Gasteiger charge is -2.56. The number of carbonyl (C=O) groups excluding carboxylic acids is 1. The number of morpholine rings is 1. The van der Waals surface area contributed by atoms with E-state index >= 15 is 0 Å². The number of benzene rings is 1. The Morgan fingerprint density at radius 3 is 2.27 bits per heavy atom. The van der Waals surface area contributed by atoms with Gasteiger partial charge in [-0.2, -0.15) is 5.10 Å². The quantitative estimate of drug-likeness (QED) is 0.845. The van der Waals surface area contributed by atoms with Crippen molar-refractivity contribution in [3.63, 3.8) is 0 Å². The fourth-order valence-electron chi connectivity index (χ4n) is 6.91. The standard InChI is InChI=1S/C24H30N4O2/c29-22(26-24-13-17-10-18(14-24)12-19(11-17)15-24)21-16-25-28(20-4-2-1-3-5-20)23(21)27-6-8-30-9-7-27/h1-5,16-19H,6-15H2,(H,26,29). The second-order valence-electron chi connectivity index (χ2n) is 9.88. The second kappa shape index (κ2) is 7.12. The number of aromatic nitrogens is 2. The first-order valence-corrected chi connectivity index (χ1v) is 11.5. The third-order valence-electron chi connectivity index (χ3n) is 7.72. The molecule has 6 nitrogen and oxygen atoms in total. The summed E-state index contributed by atoms with van der Waals surface area (Å²) in [5.41, 5.74) is 1.67. The molecule has 6 heteroatoms. The van der Waals surface area contributed by atoms with E-state index in [9.17, 15) is 4.79 Å². The molecule has 7 rings (SSSR count). The highest BCUT2D eigenvalue weighted by atomic mass is 16.5. The summed E-state index contributed by atoms with van der Waals surface area (Å²) < 4.78 is 7.48. The Labute approximate surface area is 177 Å². The molecule has 0 atom stereocenters. The summed E-state index contributed by atoms with van der Waals surface area (Å²) in [5, 5.41) is 8.19. The van der Waals surface area contributed by atoms with Crippen molar-refractivity contribution in [2.45, 2.75) is 44.1 Å². The van der Waals surface area contributed by atoms with E-state index < -0.39 is 0 Å². The lowest BCUT2D eigenvalue weighted by Crippen LogP contribution is -2.59. The SMILES string of the molecule is O=C(NC12CC3CC(CC(C3)C1)C2)c1cnn(-c2ccccc2)c1N1CCOCC1. The van der Waals surface area contributed by atoms with Crippen LogP contribution in [0.5, 0.6) is 0 Å². The van der Waals surface area contributed by atoms with E-state index in [0.29, 0.717) is 18.8 Å². The average Bonchev–Trinajstić information content (AvgIpc) is 3.19. The van der Waals surface area contributed by atoms with Crippen molar-refractivity contribution < 1.29 is 9.53 Å². The van der Waals surface area contributed by atoms with Crippen molar-refractivity contribution in [2.75, 3.05) is 31.2 Å². The summed E-state index contributed by atoms with van der Waals surface area (Å²) in [4.78, 5) is 15.9. The number of rotatable bonds is 4. The number of para-hydroxylation sites is 1. The van der Waals surface area contributed by atoms with Crippen LogP contribution in [0, 0.1) is 17.8 Å². The highest BCUT2D eigenvalue weighted by Gasteiger charge is 2.51. The van der Waals surface area contributed by atoms with E-state index in [1.807, 2.05) is 35.0 Å². The zero-order chi connectivity index (χ0) is 20.1. The average molecular weight is 407 g/mol. The van der Waals surface area contributed by atoms with Crippen LogP contribution in [0.4, 0.5) is 5.82 Å². The minimum atomic E-state index is 0.00294. The van der Waals surface area contributed by atoms with Crippen LogP contribution >= 0.6 is 0 Å². The van der Waals surface area contributed by atoms with Gasteiger partial charge in [-0.25, -0.2) is 4.68 Å². The zero-order valence-electron chi connectivity index (χ0n) is 17.4. The summed E-state index contributed by atoms with van der Waals surface area (Å²) in [5.74, 6) is 3.36. The van der Waals surface area contributed by atoms with Gasteiger partial charge in [-0.05, 0) is 68.4 Å². The molecule has 0 unspecified atom stereocenters. The molecule has 0 spiro atoms. The van der Waals surface area contributed by atoms with Crippen molar-refractivity contribution in [1.82, 2.24) is 15.1 Å². The van der Waals surface area contributed by atoms with Crippen LogP contribution in [-0.4, -0.2) is 47.5 Å². The first kappa shape index (κ1) is 18.4. The van der Waals surface area contributed by atoms with Gasteiger partial charge in [0.1, 0.15) is 11.4 Å². The summed E-state index contributed by atoms with van der Waals surface area (Å²) in [6.45, 7) is 2.90. The van der Waals surface area contributed by atoms with Crippen LogP contribution in [0.25, 0.3) is 5.69 Å². The van der Waals surface area contributed by atoms with Gasteiger partial charge in [0, 0.05) is 18.6 Å². The van der Waals surface area contributed by atoms with Crippen molar-refractivity contribution in [2.24, 2.45) is 17.8 Å². The molecule has 5 aliphatic rings. The summed E-state index contributed by atoms with van der Waals surface area (Å²) >= 11 is 0. The van der Waals surface area contributed by atoms with Gasteiger partial charge in [0.05, 0.1) is 25.1 Å². The maximum Gasteiger partial charge on any atom is 0.257 e.